The second-order valence-electron chi connectivity index (χ2n) is 6.66. The smallest absolute Gasteiger partial charge is 0.387 e. The zero-order valence-electron chi connectivity index (χ0n) is 16.1. The van der Waals surface area contributed by atoms with Gasteiger partial charge in [0.2, 0.25) is 0 Å². The number of aromatic nitrogens is 4. The molecule has 0 aliphatic heterocycles. The zero-order valence-corrected chi connectivity index (χ0v) is 16.9. The zero-order chi connectivity index (χ0) is 22.2. The van der Waals surface area contributed by atoms with Crippen LogP contribution in [0.4, 0.5) is 13.9 Å². The first-order chi connectivity index (χ1) is 15.5. The number of thiazole rings is 1. The van der Waals surface area contributed by atoms with Gasteiger partial charge in [-0.1, -0.05) is 24.3 Å². The Morgan fingerprint density at radius 3 is 2.78 bits per heavy atom. The number of ether oxygens (including phenoxy) is 1. The van der Waals surface area contributed by atoms with Crippen molar-refractivity contribution in [1.82, 2.24) is 19.6 Å². The van der Waals surface area contributed by atoms with Crippen LogP contribution in [0.1, 0.15) is 10.4 Å². The number of nitrogens with one attached hydrogen (secondary N) is 2. The van der Waals surface area contributed by atoms with E-state index in [2.05, 4.69) is 25.1 Å². The number of para-hydroxylation sites is 2. The number of hydrogen-bond acceptors (Lipinski definition) is 6. The molecule has 0 bridgehead atoms. The van der Waals surface area contributed by atoms with Crippen molar-refractivity contribution in [2.75, 3.05) is 5.32 Å². The number of carbonyl (C=O) groups is 1. The van der Waals surface area contributed by atoms with Gasteiger partial charge in [-0.3, -0.25) is 14.9 Å². The molecule has 0 unspecified atom stereocenters. The van der Waals surface area contributed by atoms with E-state index in [1.165, 1.54) is 16.8 Å². The van der Waals surface area contributed by atoms with Crippen LogP contribution in [0.25, 0.3) is 27.8 Å². The van der Waals surface area contributed by atoms with Crippen molar-refractivity contribution in [1.29, 1.82) is 0 Å². The summed E-state index contributed by atoms with van der Waals surface area (Å²) in [5, 5.41) is 9.20. The lowest BCUT2D eigenvalue weighted by molar-refractivity contribution is -0.0494. The number of aromatic amines is 1. The number of fused-ring (bicyclic) bond motifs is 3. The first-order valence-corrected chi connectivity index (χ1v) is 10.2. The lowest BCUT2D eigenvalue weighted by atomic mass is 10.1. The second-order valence-corrected chi connectivity index (χ2v) is 7.51. The summed E-state index contributed by atoms with van der Waals surface area (Å²) in [5.41, 5.74) is 1.38. The number of rotatable bonds is 5. The third kappa shape index (κ3) is 3.48. The van der Waals surface area contributed by atoms with Gasteiger partial charge in [0.05, 0.1) is 22.8 Å². The SMILES string of the molecule is O=C(Nc1nc(-c2ccccc2OC(F)F)cs1)c1cnn2c1[nH]c(=O)c1ccccc12. The molecule has 0 saturated heterocycles. The average molecular weight is 453 g/mol. The lowest BCUT2D eigenvalue weighted by Gasteiger charge is -2.08. The van der Waals surface area contributed by atoms with Gasteiger partial charge in [0.1, 0.15) is 17.0 Å². The number of hydrogen-bond donors (Lipinski definition) is 2. The Balaban J connectivity index is 1.46. The summed E-state index contributed by atoms with van der Waals surface area (Å²) in [5.74, 6) is -0.540. The lowest BCUT2D eigenvalue weighted by Crippen LogP contribution is -2.15. The molecule has 2 N–H and O–H groups in total. The van der Waals surface area contributed by atoms with E-state index in [0.717, 1.165) is 11.3 Å². The molecule has 1 amide bonds. The molecule has 8 nitrogen and oxygen atoms in total. The minimum atomic E-state index is -2.97. The van der Waals surface area contributed by atoms with Crippen molar-refractivity contribution in [2.45, 2.75) is 6.61 Å². The highest BCUT2D eigenvalue weighted by molar-refractivity contribution is 7.14. The van der Waals surface area contributed by atoms with E-state index in [0.29, 0.717) is 22.2 Å². The Morgan fingerprint density at radius 2 is 1.94 bits per heavy atom. The Bertz CT molecular complexity index is 1520. The molecule has 11 heteroatoms. The first-order valence-electron chi connectivity index (χ1n) is 9.31. The molecule has 0 aliphatic carbocycles. The highest BCUT2D eigenvalue weighted by Gasteiger charge is 2.19. The standard InChI is InChI=1S/C21H13F2N5O3S/c22-20(23)31-16-8-4-2-5-11(16)14-10-32-21(25-14)27-19(30)13-9-24-28-15-7-3-1-6-12(15)18(29)26-17(13)28/h1-10,20H,(H,26,29)(H,25,27,30). The number of H-pyrrole nitrogens is 1. The van der Waals surface area contributed by atoms with E-state index >= 15 is 0 Å². The van der Waals surface area contributed by atoms with Crippen molar-refractivity contribution in [3.63, 3.8) is 0 Å². The van der Waals surface area contributed by atoms with Crippen molar-refractivity contribution in [2.24, 2.45) is 0 Å². The maximum atomic E-state index is 12.9. The van der Waals surface area contributed by atoms with Gasteiger partial charge in [-0.05, 0) is 24.3 Å². The van der Waals surface area contributed by atoms with E-state index in [4.69, 9.17) is 0 Å². The van der Waals surface area contributed by atoms with Gasteiger partial charge >= 0.3 is 6.61 Å². The summed E-state index contributed by atoms with van der Waals surface area (Å²) in [4.78, 5) is 32.2. The van der Waals surface area contributed by atoms with Gasteiger partial charge in [0.15, 0.2) is 5.13 Å². The number of carbonyl (C=O) groups excluding carboxylic acids is 1. The van der Waals surface area contributed by atoms with Gasteiger partial charge < -0.3 is 9.72 Å². The van der Waals surface area contributed by atoms with Gasteiger partial charge in [-0.2, -0.15) is 13.9 Å². The molecule has 0 aliphatic rings. The van der Waals surface area contributed by atoms with Gasteiger partial charge in [0.25, 0.3) is 11.5 Å². The predicted molar refractivity (Wildman–Crippen MR) is 115 cm³/mol. The van der Waals surface area contributed by atoms with Crippen LogP contribution in [-0.2, 0) is 0 Å². The molecule has 0 fully saturated rings. The second kappa shape index (κ2) is 7.85. The third-order valence-electron chi connectivity index (χ3n) is 4.73. The Hall–Kier alpha value is -4.12. The Morgan fingerprint density at radius 1 is 1.16 bits per heavy atom. The van der Waals surface area contributed by atoms with Crippen molar-refractivity contribution < 1.29 is 18.3 Å². The molecular weight excluding hydrogens is 440 g/mol. The summed E-state index contributed by atoms with van der Waals surface area (Å²) >= 11 is 1.12. The van der Waals surface area contributed by atoms with Crippen LogP contribution in [-0.4, -0.2) is 32.1 Å². The van der Waals surface area contributed by atoms with Crippen LogP contribution >= 0.6 is 11.3 Å². The van der Waals surface area contributed by atoms with E-state index in [9.17, 15) is 18.4 Å². The quantitative estimate of drug-likeness (QED) is 0.416. The molecule has 3 aromatic heterocycles. The number of alkyl halides is 2. The fourth-order valence-electron chi connectivity index (χ4n) is 3.34. The first kappa shape index (κ1) is 19.8. The predicted octanol–water partition coefficient (Wildman–Crippen LogP) is 4.15. The molecule has 5 aromatic rings. The molecule has 0 atom stereocenters. The third-order valence-corrected chi connectivity index (χ3v) is 5.48. The van der Waals surface area contributed by atoms with Gasteiger partial charge in [-0.25, -0.2) is 9.50 Å². The molecule has 0 saturated carbocycles. The van der Waals surface area contributed by atoms with Crippen molar-refractivity contribution in [3.8, 4) is 17.0 Å². The van der Waals surface area contributed by atoms with Gasteiger partial charge in [0, 0.05) is 10.9 Å². The van der Waals surface area contributed by atoms with E-state index in [-0.39, 0.29) is 27.7 Å². The number of amides is 1. The molecule has 0 spiro atoms. The molecule has 0 radical (unpaired) electrons. The number of benzene rings is 2. The highest BCUT2D eigenvalue weighted by atomic mass is 32.1. The van der Waals surface area contributed by atoms with E-state index in [1.807, 2.05) is 0 Å². The summed E-state index contributed by atoms with van der Waals surface area (Å²) in [6.07, 6.45) is 1.35. The normalized spacial score (nSPS) is 11.3. The van der Waals surface area contributed by atoms with Crippen LogP contribution in [0.3, 0.4) is 0 Å². The average Bonchev–Trinajstić information content (AvgIpc) is 3.41. The maximum Gasteiger partial charge on any atom is 0.387 e. The topological polar surface area (TPSA) is 101 Å². The largest absolute Gasteiger partial charge is 0.434 e. The van der Waals surface area contributed by atoms with Gasteiger partial charge in [-0.15, -0.1) is 11.3 Å². The fraction of sp³-hybridized carbons (Fsp3) is 0.0476. The van der Waals surface area contributed by atoms with Crippen LogP contribution < -0.4 is 15.6 Å². The minimum Gasteiger partial charge on any atom is -0.434 e. The van der Waals surface area contributed by atoms with Crippen LogP contribution in [0.5, 0.6) is 5.75 Å². The summed E-state index contributed by atoms with van der Waals surface area (Å²) in [7, 11) is 0. The van der Waals surface area contributed by atoms with Crippen LogP contribution in [0.2, 0.25) is 0 Å². The van der Waals surface area contributed by atoms with Crippen LogP contribution in [0, 0.1) is 0 Å². The Labute approximate surface area is 182 Å². The van der Waals surface area contributed by atoms with E-state index < -0.39 is 12.5 Å². The molecular formula is C21H13F2N5O3S. The monoisotopic (exact) mass is 453 g/mol. The van der Waals surface area contributed by atoms with Crippen LogP contribution in [0.15, 0.2) is 64.9 Å². The molecule has 32 heavy (non-hydrogen) atoms. The highest BCUT2D eigenvalue weighted by Crippen LogP contribution is 2.33. The summed E-state index contributed by atoms with van der Waals surface area (Å²) in [6, 6.07) is 13.2. The number of halogens is 2. The minimum absolute atomic E-state index is 0.0160. The number of nitrogens with zero attached hydrogens (tertiary/aromatic N) is 3. The molecule has 160 valence electrons. The molecule has 2 aromatic carbocycles. The van der Waals surface area contributed by atoms with Crippen molar-refractivity contribution in [3.05, 3.63) is 76.0 Å². The molecule has 3 heterocycles. The van der Waals surface area contributed by atoms with Crippen molar-refractivity contribution >= 4 is 38.9 Å². The van der Waals surface area contributed by atoms with E-state index in [1.54, 1.807) is 47.8 Å². The number of anilines is 1. The summed E-state index contributed by atoms with van der Waals surface area (Å²) in [6.45, 7) is -2.97. The summed E-state index contributed by atoms with van der Waals surface area (Å²) < 4.78 is 31.4. The fourth-order valence-corrected chi connectivity index (χ4v) is 4.04. The maximum absolute atomic E-state index is 12.9. The Kier molecular flexibility index (Phi) is 4.86. The molecule has 5 rings (SSSR count).